The fourth-order valence-corrected chi connectivity index (χ4v) is 1.82. The molecule has 0 aromatic heterocycles. The van der Waals surface area contributed by atoms with Crippen LogP contribution >= 0.6 is 0 Å². The Morgan fingerprint density at radius 1 is 1.21 bits per heavy atom. The molecule has 2 aliphatic rings. The molecule has 1 radical (unpaired) electrons. The van der Waals surface area contributed by atoms with Crippen LogP contribution in [-0.2, 0) is 4.74 Å². The highest BCUT2D eigenvalue weighted by atomic mass is 16.6. The van der Waals surface area contributed by atoms with Gasteiger partial charge in [0.15, 0.2) is 0 Å². The molecule has 0 aromatic rings. The van der Waals surface area contributed by atoms with Gasteiger partial charge in [-0.05, 0) is 38.0 Å². The zero-order chi connectivity index (χ0) is 9.97. The average molecular weight is 196 g/mol. The van der Waals surface area contributed by atoms with Crippen molar-refractivity contribution in [3.05, 3.63) is 6.92 Å². The van der Waals surface area contributed by atoms with Crippen LogP contribution in [0.4, 0.5) is 4.79 Å². The Balaban J connectivity index is 1.74. The first-order chi connectivity index (χ1) is 6.75. The second-order valence-corrected chi connectivity index (χ2v) is 4.37. The van der Waals surface area contributed by atoms with Crippen LogP contribution in [0.2, 0.25) is 0 Å². The summed E-state index contributed by atoms with van der Waals surface area (Å²) < 4.78 is 5.33. The molecule has 1 saturated carbocycles. The second kappa shape index (κ2) is 4.20. The van der Waals surface area contributed by atoms with Crippen molar-refractivity contribution >= 4 is 6.09 Å². The van der Waals surface area contributed by atoms with E-state index in [-0.39, 0.29) is 12.2 Å². The molecular formula is C11H18NO2. The molecule has 14 heavy (non-hydrogen) atoms. The molecule has 3 nitrogen and oxygen atoms in total. The zero-order valence-corrected chi connectivity index (χ0v) is 8.58. The van der Waals surface area contributed by atoms with Gasteiger partial charge in [-0.1, -0.05) is 6.92 Å². The Morgan fingerprint density at radius 2 is 1.86 bits per heavy atom. The van der Waals surface area contributed by atoms with Gasteiger partial charge in [0.2, 0.25) is 0 Å². The third-order valence-corrected chi connectivity index (χ3v) is 3.19. The van der Waals surface area contributed by atoms with E-state index in [4.69, 9.17) is 4.74 Å². The first kappa shape index (κ1) is 9.81. The number of rotatable bonds is 1. The van der Waals surface area contributed by atoms with Crippen molar-refractivity contribution in [2.75, 3.05) is 13.1 Å². The summed E-state index contributed by atoms with van der Waals surface area (Å²) in [6.07, 6.45) is 5.44. The van der Waals surface area contributed by atoms with Crippen LogP contribution < -0.4 is 0 Å². The number of amides is 1. The molecule has 2 fully saturated rings. The lowest BCUT2D eigenvalue weighted by Crippen LogP contribution is -2.41. The van der Waals surface area contributed by atoms with E-state index in [1.807, 2.05) is 4.90 Å². The monoisotopic (exact) mass is 196 g/mol. The van der Waals surface area contributed by atoms with Gasteiger partial charge >= 0.3 is 6.09 Å². The summed E-state index contributed by atoms with van der Waals surface area (Å²) >= 11 is 0. The first-order valence-electron chi connectivity index (χ1n) is 5.54. The van der Waals surface area contributed by atoms with E-state index in [9.17, 15) is 4.79 Å². The predicted octanol–water partition coefficient (Wildman–Crippen LogP) is 2.22. The highest BCUT2D eigenvalue weighted by Crippen LogP contribution is 2.24. The quantitative estimate of drug-likeness (QED) is 0.643. The Labute approximate surface area is 85.4 Å². The van der Waals surface area contributed by atoms with Crippen LogP contribution in [0.3, 0.4) is 0 Å². The van der Waals surface area contributed by atoms with Gasteiger partial charge in [0.25, 0.3) is 0 Å². The van der Waals surface area contributed by atoms with Gasteiger partial charge in [0, 0.05) is 13.1 Å². The summed E-state index contributed by atoms with van der Waals surface area (Å²) in [6.45, 7) is 5.64. The van der Waals surface area contributed by atoms with Gasteiger partial charge in [-0.15, -0.1) is 0 Å². The number of carbonyl (C=O) groups is 1. The standard InChI is InChI=1S/C11H18NO2/c1-9-5-7-12(8-6-9)11(13)14-10-3-2-4-10/h9-10H,1-8H2. The van der Waals surface area contributed by atoms with Gasteiger partial charge < -0.3 is 9.64 Å². The minimum Gasteiger partial charge on any atom is -0.446 e. The third-order valence-electron chi connectivity index (χ3n) is 3.19. The Bertz CT molecular complexity index is 205. The number of piperidine rings is 1. The molecule has 1 amide bonds. The molecule has 1 aliphatic carbocycles. The van der Waals surface area contributed by atoms with Crippen molar-refractivity contribution in [1.29, 1.82) is 0 Å². The highest BCUT2D eigenvalue weighted by molar-refractivity contribution is 5.68. The van der Waals surface area contributed by atoms with Gasteiger partial charge in [-0.25, -0.2) is 4.79 Å². The molecule has 0 atom stereocenters. The van der Waals surface area contributed by atoms with Gasteiger partial charge in [0.05, 0.1) is 0 Å². The summed E-state index contributed by atoms with van der Waals surface area (Å²) in [5.41, 5.74) is 0. The third kappa shape index (κ3) is 2.20. The van der Waals surface area contributed by atoms with Crippen LogP contribution in [0, 0.1) is 12.8 Å². The predicted molar refractivity (Wildman–Crippen MR) is 53.8 cm³/mol. The van der Waals surface area contributed by atoms with Crippen molar-refractivity contribution in [3.8, 4) is 0 Å². The van der Waals surface area contributed by atoms with Crippen LogP contribution in [0.5, 0.6) is 0 Å². The zero-order valence-electron chi connectivity index (χ0n) is 8.58. The van der Waals surface area contributed by atoms with Crippen molar-refractivity contribution in [1.82, 2.24) is 4.90 Å². The molecule has 1 aliphatic heterocycles. The number of ether oxygens (including phenoxy) is 1. The van der Waals surface area contributed by atoms with E-state index in [2.05, 4.69) is 6.92 Å². The minimum atomic E-state index is -0.110. The second-order valence-electron chi connectivity index (χ2n) is 4.37. The average Bonchev–Trinajstić information content (AvgIpc) is 2.12. The van der Waals surface area contributed by atoms with E-state index in [0.717, 1.165) is 38.8 Å². The molecule has 2 rings (SSSR count). The molecule has 3 heteroatoms. The molecule has 0 N–H and O–H groups in total. The van der Waals surface area contributed by atoms with E-state index in [1.54, 1.807) is 0 Å². The van der Waals surface area contributed by atoms with Gasteiger partial charge in [-0.2, -0.15) is 0 Å². The summed E-state index contributed by atoms with van der Waals surface area (Å²) in [4.78, 5) is 13.4. The Morgan fingerprint density at radius 3 is 2.36 bits per heavy atom. The number of nitrogens with zero attached hydrogens (tertiary/aromatic N) is 1. The molecule has 1 heterocycles. The lowest BCUT2D eigenvalue weighted by Gasteiger charge is -2.33. The Kier molecular flexibility index (Phi) is 2.94. The van der Waals surface area contributed by atoms with E-state index >= 15 is 0 Å². The van der Waals surface area contributed by atoms with Crippen molar-refractivity contribution < 1.29 is 9.53 Å². The van der Waals surface area contributed by atoms with Crippen LogP contribution in [0.1, 0.15) is 32.1 Å². The lowest BCUT2D eigenvalue weighted by molar-refractivity contribution is 0.0218. The number of hydrogen-bond donors (Lipinski definition) is 0. The minimum absolute atomic E-state index is 0.110. The summed E-state index contributed by atoms with van der Waals surface area (Å²) in [6, 6.07) is 0. The molecule has 0 spiro atoms. The van der Waals surface area contributed by atoms with Gasteiger partial charge in [0.1, 0.15) is 6.10 Å². The highest BCUT2D eigenvalue weighted by Gasteiger charge is 2.26. The molecular weight excluding hydrogens is 178 g/mol. The van der Waals surface area contributed by atoms with Gasteiger partial charge in [-0.3, -0.25) is 0 Å². The smallest absolute Gasteiger partial charge is 0.410 e. The SMILES string of the molecule is [CH2]C1CCN(C(=O)OC2CCC2)CC1. The maximum atomic E-state index is 11.6. The lowest BCUT2D eigenvalue weighted by atomic mass is 9.96. The molecule has 0 unspecified atom stereocenters. The molecule has 0 bridgehead atoms. The van der Waals surface area contributed by atoms with E-state index in [0.29, 0.717) is 5.92 Å². The fraction of sp³-hybridized carbons (Fsp3) is 0.818. The summed E-state index contributed by atoms with van der Waals surface area (Å²) in [5, 5.41) is 0. The van der Waals surface area contributed by atoms with Crippen molar-refractivity contribution in [2.24, 2.45) is 5.92 Å². The fourth-order valence-electron chi connectivity index (χ4n) is 1.82. The van der Waals surface area contributed by atoms with Crippen LogP contribution in [-0.4, -0.2) is 30.2 Å². The summed E-state index contributed by atoms with van der Waals surface area (Å²) in [5.74, 6) is 0.516. The topological polar surface area (TPSA) is 29.5 Å². The normalized spacial score (nSPS) is 24.5. The van der Waals surface area contributed by atoms with Crippen LogP contribution in [0.25, 0.3) is 0 Å². The maximum absolute atomic E-state index is 11.6. The molecule has 79 valence electrons. The molecule has 0 aromatic carbocycles. The largest absolute Gasteiger partial charge is 0.446 e. The maximum Gasteiger partial charge on any atom is 0.410 e. The Hall–Kier alpha value is -0.730. The van der Waals surface area contributed by atoms with Crippen molar-refractivity contribution in [2.45, 2.75) is 38.2 Å². The van der Waals surface area contributed by atoms with Crippen molar-refractivity contribution in [3.63, 3.8) is 0 Å². The first-order valence-corrected chi connectivity index (χ1v) is 5.54. The number of carbonyl (C=O) groups excluding carboxylic acids is 1. The number of hydrogen-bond acceptors (Lipinski definition) is 2. The van der Waals surface area contributed by atoms with E-state index < -0.39 is 0 Å². The molecule has 1 saturated heterocycles. The summed E-state index contributed by atoms with van der Waals surface area (Å²) in [7, 11) is 0. The van der Waals surface area contributed by atoms with Crippen LogP contribution in [0.15, 0.2) is 0 Å². The van der Waals surface area contributed by atoms with E-state index in [1.165, 1.54) is 6.42 Å². The number of likely N-dealkylation sites (tertiary alicyclic amines) is 1.